The molecule has 1 aromatic carbocycles. The zero-order chi connectivity index (χ0) is 25.0. The van der Waals surface area contributed by atoms with Crippen molar-refractivity contribution in [2.24, 2.45) is 5.92 Å². The molecule has 8 heteroatoms. The highest BCUT2D eigenvalue weighted by molar-refractivity contribution is 5.80. The van der Waals surface area contributed by atoms with Crippen molar-refractivity contribution in [2.75, 3.05) is 5.32 Å². The molecule has 0 spiro atoms. The number of aromatic nitrogens is 4. The second-order valence-corrected chi connectivity index (χ2v) is 10.9. The van der Waals surface area contributed by atoms with Crippen LogP contribution in [-0.2, 0) is 24.2 Å². The summed E-state index contributed by atoms with van der Waals surface area (Å²) in [5.41, 5.74) is 2.66. The van der Waals surface area contributed by atoms with E-state index in [1.54, 1.807) is 6.20 Å². The predicted octanol–water partition coefficient (Wildman–Crippen LogP) is 4.46. The van der Waals surface area contributed by atoms with Crippen molar-refractivity contribution in [1.29, 1.82) is 0 Å². The Kier molecular flexibility index (Phi) is 7.17. The van der Waals surface area contributed by atoms with Crippen LogP contribution in [0.4, 0.5) is 11.6 Å². The van der Waals surface area contributed by atoms with Gasteiger partial charge in [0.15, 0.2) is 0 Å². The van der Waals surface area contributed by atoms with Crippen molar-refractivity contribution in [3.8, 4) is 0 Å². The topological polar surface area (TPSA) is 96.8 Å². The number of carbonyl (C=O) groups excluding carboxylic acids is 1. The Labute approximate surface area is 218 Å². The largest absolute Gasteiger partial charge is 0.353 e. The van der Waals surface area contributed by atoms with Gasteiger partial charge in [-0.3, -0.25) is 4.79 Å². The quantitative estimate of drug-likeness (QED) is 0.423. The van der Waals surface area contributed by atoms with E-state index in [0.29, 0.717) is 18.6 Å². The third-order valence-electron chi connectivity index (χ3n) is 8.35. The molecule has 0 saturated heterocycles. The van der Waals surface area contributed by atoms with Crippen molar-refractivity contribution in [2.45, 2.75) is 88.9 Å². The molecule has 0 aliphatic heterocycles. The number of amides is 1. The van der Waals surface area contributed by atoms with E-state index in [2.05, 4.69) is 65.9 Å². The molecule has 37 heavy (non-hydrogen) atoms. The van der Waals surface area contributed by atoms with Crippen LogP contribution in [0.5, 0.6) is 0 Å². The Hall–Kier alpha value is -3.26. The van der Waals surface area contributed by atoms with Crippen LogP contribution in [0.1, 0.15) is 74.4 Å². The number of nitrogens with one attached hydrogen (secondary N) is 3. The van der Waals surface area contributed by atoms with Crippen molar-refractivity contribution >= 4 is 17.5 Å². The highest BCUT2D eigenvalue weighted by atomic mass is 16.1. The van der Waals surface area contributed by atoms with Crippen LogP contribution in [0.25, 0.3) is 0 Å². The second-order valence-electron chi connectivity index (χ2n) is 10.9. The van der Waals surface area contributed by atoms with Gasteiger partial charge in [0.05, 0.1) is 12.9 Å². The van der Waals surface area contributed by atoms with Gasteiger partial charge >= 0.3 is 0 Å². The molecular formula is C29H37N7O. The fraction of sp³-hybridized carbons (Fsp3) is 0.517. The van der Waals surface area contributed by atoms with Gasteiger partial charge in [0.2, 0.25) is 5.91 Å². The second kappa shape index (κ2) is 11.0. The maximum Gasteiger partial charge on any atom is 0.223 e. The van der Waals surface area contributed by atoms with Crippen LogP contribution in [0.15, 0.2) is 49.1 Å². The summed E-state index contributed by atoms with van der Waals surface area (Å²) in [5, 5.41) is 10.3. The van der Waals surface area contributed by atoms with Crippen molar-refractivity contribution in [3.63, 3.8) is 0 Å². The van der Waals surface area contributed by atoms with E-state index in [0.717, 1.165) is 56.0 Å². The molecule has 1 amide bonds. The summed E-state index contributed by atoms with van der Waals surface area (Å²) >= 11 is 0. The van der Waals surface area contributed by atoms with E-state index in [4.69, 9.17) is 0 Å². The highest BCUT2D eigenvalue weighted by Crippen LogP contribution is 2.30. The Morgan fingerprint density at radius 2 is 1.62 bits per heavy atom. The lowest BCUT2D eigenvalue weighted by Gasteiger charge is -2.30. The van der Waals surface area contributed by atoms with Gasteiger partial charge in [-0.15, -0.1) is 0 Å². The summed E-state index contributed by atoms with van der Waals surface area (Å²) in [6, 6.07) is 11.6. The van der Waals surface area contributed by atoms with E-state index in [1.807, 2.05) is 12.4 Å². The van der Waals surface area contributed by atoms with Gasteiger partial charge in [-0.25, -0.2) is 15.0 Å². The molecule has 3 aromatic rings. The first-order valence-electron chi connectivity index (χ1n) is 13.9. The molecule has 3 N–H and O–H groups in total. The molecule has 0 unspecified atom stereocenters. The molecule has 0 radical (unpaired) electrons. The molecule has 2 heterocycles. The fourth-order valence-electron chi connectivity index (χ4n) is 6.23. The first-order valence-corrected chi connectivity index (χ1v) is 13.9. The van der Waals surface area contributed by atoms with Gasteiger partial charge in [0.25, 0.3) is 0 Å². The third kappa shape index (κ3) is 5.85. The van der Waals surface area contributed by atoms with E-state index in [-0.39, 0.29) is 17.9 Å². The molecule has 6 rings (SSSR count). The molecule has 0 bridgehead atoms. The number of hydrogen-bond donors (Lipinski definition) is 3. The van der Waals surface area contributed by atoms with Gasteiger partial charge in [-0.1, -0.05) is 37.1 Å². The number of benzene rings is 1. The number of hydrogen-bond acceptors (Lipinski definition) is 6. The summed E-state index contributed by atoms with van der Waals surface area (Å²) in [6.07, 6.45) is 16.7. The third-order valence-corrected chi connectivity index (χ3v) is 8.35. The molecule has 194 valence electrons. The predicted molar refractivity (Wildman–Crippen MR) is 143 cm³/mol. The standard InChI is InChI=1S/C29H37N7O/c37-29(22-15-20-5-1-2-6-21(20)16-22)33-24-11-9-23(10-12-24)31-17-27-30-14-13-26(34-27)35-28-18-36(19-32-28)25-7-3-4-8-25/h1-2,5-6,13-14,18-19,22-25,31H,3-4,7-12,15-17H2,(H,33,37)(H,30,34,35). The fourth-order valence-corrected chi connectivity index (χ4v) is 6.23. The summed E-state index contributed by atoms with van der Waals surface area (Å²) in [5.74, 6) is 2.67. The zero-order valence-electron chi connectivity index (χ0n) is 21.4. The average Bonchev–Trinajstić information content (AvgIpc) is 3.69. The number of fused-ring (bicyclic) bond motifs is 1. The van der Waals surface area contributed by atoms with Crippen LogP contribution in [0.2, 0.25) is 0 Å². The van der Waals surface area contributed by atoms with E-state index >= 15 is 0 Å². The molecule has 2 saturated carbocycles. The number of anilines is 2. The number of nitrogens with zero attached hydrogens (tertiary/aromatic N) is 4. The van der Waals surface area contributed by atoms with Gasteiger partial charge < -0.3 is 20.5 Å². The first-order chi connectivity index (χ1) is 18.2. The lowest BCUT2D eigenvalue weighted by atomic mass is 9.90. The summed E-state index contributed by atoms with van der Waals surface area (Å²) < 4.78 is 2.23. The van der Waals surface area contributed by atoms with E-state index in [1.165, 1.54) is 36.8 Å². The average molecular weight is 500 g/mol. The number of imidazole rings is 1. The molecule has 3 aliphatic rings. The molecule has 2 fully saturated rings. The van der Waals surface area contributed by atoms with Gasteiger partial charge in [0, 0.05) is 36.4 Å². The van der Waals surface area contributed by atoms with Gasteiger partial charge in [-0.2, -0.15) is 0 Å². The molecule has 8 nitrogen and oxygen atoms in total. The SMILES string of the molecule is O=C(NC1CCC(NCc2nccc(Nc3cn(C4CCCC4)cn3)n2)CC1)C1Cc2ccccc2C1. The monoisotopic (exact) mass is 499 g/mol. The number of carbonyl (C=O) groups is 1. The lowest BCUT2D eigenvalue weighted by molar-refractivity contribution is -0.125. The minimum Gasteiger partial charge on any atom is -0.353 e. The van der Waals surface area contributed by atoms with Crippen molar-refractivity contribution in [1.82, 2.24) is 30.2 Å². The highest BCUT2D eigenvalue weighted by Gasteiger charge is 2.30. The van der Waals surface area contributed by atoms with Crippen LogP contribution in [0.3, 0.4) is 0 Å². The Bertz CT molecular complexity index is 1190. The molecular weight excluding hydrogens is 462 g/mol. The van der Waals surface area contributed by atoms with E-state index in [9.17, 15) is 4.79 Å². The lowest BCUT2D eigenvalue weighted by Crippen LogP contribution is -2.44. The van der Waals surface area contributed by atoms with Gasteiger partial charge in [0.1, 0.15) is 17.5 Å². The summed E-state index contributed by atoms with van der Waals surface area (Å²) in [7, 11) is 0. The Balaban J connectivity index is 0.938. The van der Waals surface area contributed by atoms with Crippen LogP contribution >= 0.6 is 0 Å². The zero-order valence-corrected chi connectivity index (χ0v) is 21.4. The van der Waals surface area contributed by atoms with Crippen LogP contribution in [-0.4, -0.2) is 37.5 Å². The normalized spacial score (nSPS) is 22.2. The van der Waals surface area contributed by atoms with Crippen LogP contribution in [0, 0.1) is 5.92 Å². The molecule has 0 atom stereocenters. The Morgan fingerprint density at radius 3 is 2.38 bits per heavy atom. The smallest absolute Gasteiger partial charge is 0.223 e. The molecule has 3 aliphatic carbocycles. The van der Waals surface area contributed by atoms with Crippen LogP contribution < -0.4 is 16.0 Å². The van der Waals surface area contributed by atoms with Gasteiger partial charge in [-0.05, 0) is 68.6 Å². The summed E-state index contributed by atoms with van der Waals surface area (Å²) in [4.78, 5) is 26.5. The van der Waals surface area contributed by atoms with Crippen molar-refractivity contribution in [3.05, 3.63) is 66.0 Å². The Morgan fingerprint density at radius 1 is 0.892 bits per heavy atom. The summed E-state index contributed by atoms with van der Waals surface area (Å²) in [6.45, 7) is 0.633. The maximum absolute atomic E-state index is 12.9. The van der Waals surface area contributed by atoms with Crippen molar-refractivity contribution < 1.29 is 4.79 Å². The maximum atomic E-state index is 12.9. The first kappa shape index (κ1) is 24.1. The molecule has 2 aromatic heterocycles. The minimum absolute atomic E-state index is 0.0859. The minimum atomic E-state index is 0.0859. The van der Waals surface area contributed by atoms with E-state index < -0.39 is 0 Å². The number of rotatable bonds is 8.